The maximum Gasteiger partial charge on any atom is 0.306 e. The van der Waals surface area contributed by atoms with Crippen molar-refractivity contribution in [1.82, 2.24) is 0 Å². The predicted molar refractivity (Wildman–Crippen MR) is 71.2 cm³/mol. The fourth-order valence-electron chi connectivity index (χ4n) is 2.40. The number of Topliss-reactive ketones (excluding diaryl/α,β-unsaturated/α-hetero) is 1. The molecule has 1 aliphatic carbocycles. The summed E-state index contributed by atoms with van der Waals surface area (Å²) in [6.45, 7) is 7.77. The van der Waals surface area contributed by atoms with Crippen LogP contribution in [0.15, 0.2) is 0 Å². The number of ether oxygens (including phenoxy) is 1. The molecule has 0 spiro atoms. The van der Waals surface area contributed by atoms with Crippen LogP contribution < -0.4 is 0 Å². The summed E-state index contributed by atoms with van der Waals surface area (Å²) in [6.07, 6.45) is 4.84. The average Bonchev–Trinajstić information content (AvgIpc) is 2.24. The van der Waals surface area contributed by atoms with Crippen molar-refractivity contribution < 1.29 is 14.3 Å². The second-order valence-electron chi connectivity index (χ2n) is 6.51. The third kappa shape index (κ3) is 5.65. The van der Waals surface area contributed by atoms with Crippen LogP contribution in [-0.2, 0) is 14.3 Å². The van der Waals surface area contributed by atoms with E-state index < -0.39 is 5.60 Å². The molecular formula is C15H26O3. The number of esters is 1. The van der Waals surface area contributed by atoms with Crippen LogP contribution in [0, 0.1) is 11.8 Å². The lowest BCUT2D eigenvalue weighted by atomic mass is 9.80. The first-order chi connectivity index (χ1) is 8.28. The molecule has 0 heterocycles. The van der Waals surface area contributed by atoms with Gasteiger partial charge in [-0.15, -0.1) is 0 Å². The molecule has 0 aromatic carbocycles. The van der Waals surface area contributed by atoms with Gasteiger partial charge in [0.1, 0.15) is 11.4 Å². The van der Waals surface area contributed by atoms with Gasteiger partial charge in [0, 0.05) is 12.3 Å². The van der Waals surface area contributed by atoms with Gasteiger partial charge in [0.2, 0.25) is 0 Å². The van der Waals surface area contributed by atoms with Crippen molar-refractivity contribution in [2.45, 2.75) is 71.8 Å². The molecule has 1 rings (SSSR count). The molecule has 3 nitrogen and oxygen atoms in total. The average molecular weight is 254 g/mol. The number of ketones is 1. The van der Waals surface area contributed by atoms with Gasteiger partial charge in [-0.1, -0.05) is 19.8 Å². The fourth-order valence-corrected chi connectivity index (χ4v) is 2.40. The van der Waals surface area contributed by atoms with Crippen molar-refractivity contribution in [1.29, 1.82) is 0 Å². The van der Waals surface area contributed by atoms with Crippen LogP contribution in [0.25, 0.3) is 0 Å². The monoisotopic (exact) mass is 254 g/mol. The smallest absolute Gasteiger partial charge is 0.306 e. The Bertz CT molecular complexity index is 293. The minimum Gasteiger partial charge on any atom is -0.460 e. The second kappa shape index (κ2) is 6.35. The molecule has 3 heteroatoms. The minimum atomic E-state index is -0.458. The van der Waals surface area contributed by atoms with E-state index in [-0.39, 0.29) is 24.1 Å². The van der Waals surface area contributed by atoms with Gasteiger partial charge in [-0.2, -0.15) is 0 Å². The summed E-state index contributed by atoms with van der Waals surface area (Å²) < 4.78 is 5.20. The molecule has 0 saturated heterocycles. The highest BCUT2D eigenvalue weighted by Gasteiger charge is 2.25. The van der Waals surface area contributed by atoms with Gasteiger partial charge in [-0.05, 0) is 39.5 Å². The highest BCUT2D eigenvalue weighted by atomic mass is 16.6. The van der Waals surface area contributed by atoms with Crippen molar-refractivity contribution in [2.24, 2.45) is 11.8 Å². The lowest BCUT2D eigenvalue weighted by Crippen LogP contribution is -2.25. The zero-order chi connectivity index (χ0) is 13.8. The largest absolute Gasteiger partial charge is 0.460 e. The van der Waals surface area contributed by atoms with E-state index >= 15 is 0 Å². The van der Waals surface area contributed by atoms with Gasteiger partial charge in [-0.25, -0.2) is 0 Å². The SMILES string of the molecule is CC(C)(C)OC(=O)CCC(=O)[C@H]1CC[C@@H](C)CC1. The molecule has 0 N–H and O–H groups in total. The lowest BCUT2D eigenvalue weighted by Gasteiger charge is -2.25. The van der Waals surface area contributed by atoms with Crippen LogP contribution in [0.3, 0.4) is 0 Å². The molecule has 0 radical (unpaired) electrons. The van der Waals surface area contributed by atoms with E-state index in [1.54, 1.807) is 0 Å². The van der Waals surface area contributed by atoms with E-state index in [0.29, 0.717) is 6.42 Å². The minimum absolute atomic E-state index is 0.184. The predicted octanol–water partition coefficient (Wildman–Crippen LogP) is 3.50. The third-order valence-corrected chi connectivity index (χ3v) is 3.47. The third-order valence-electron chi connectivity index (χ3n) is 3.47. The van der Waals surface area contributed by atoms with Gasteiger partial charge in [0.25, 0.3) is 0 Å². The highest BCUT2D eigenvalue weighted by Crippen LogP contribution is 2.29. The number of carbonyl (C=O) groups excluding carboxylic acids is 2. The maximum atomic E-state index is 12.0. The van der Waals surface area contributed by atoms with Crippen LogP contribution in [0.2, 0.25) is 0 Å². The molecule has 104 valence electrons. The number of carbonyl (C=O) groups is 2. The summed E-state index contributed by atoms with van der Waals surface area (Å²) in [5.41, 5.74) is -0.458. The Morgan fingerprint density at radius 1 is 1.06 bits per heavy atom. The maximum absolute atomic E-state index is 12.0. The zero-order valence-electron chi connectivity index (χ0n) is 12.1. The Kier molecular flexibility index (Phi) is 5.36. The molecule has 0 atom stereocenters. The molecule has 0 aromatic heterocycles. The molecule has 1 fully saturated rings. The van der Waals surface area contributed by atoms with E-state index in [9.17, 15) is 9.59 Å². The molecular weight excluding hydrogens is 228 g/mol. The van der Waals surface area contributed by atoms with Crippen LogP contribution >= 0.6 is 0 Å². The Hall–Kier alpha value is -0.860. The molecule has 0 amide bonds. The van der Waals surface area contributed by atoms with E-state index in [2.05, 4.69) is 6.92 Å². The normalized spacial score (nSPS) is 24.7. The molecule has 0 unspecified atom stereocenters. The Balaban J connectivity index is 2.27. The van der Waals surface area contributed by atoms with E-state index in [0.717, 1.165) is 31.6 Å². The summed E-state index contributed by atoms with van der Waals surface area (Å²) in [5, 5.41) is 0. The summed E-state index contributed by atoms with van der Waals surface area (Å²) in [5.74, 6) is 0.913. The Morgan fingerprint density at radius 2 is 1.61 bits per heavy atom. The topological polar surface area (TPSA) is 43.4 Å². The standard InChI is InChI=1S/C15H26O3/c1-11-5-7-12(8-6-11)13(16)9-10-14(17)18-15(2,3)4/h11-12H,5-10H2,1-4H3/t11-,12+. The Morgan fingerprint density at radius 3 is 2.11 bits per heavy atom. The van der Waals surface area contributed by atoms with Crippen LogP contribution in [0.5, 0.6) is 0 Å². The van der Waals surface area contributed by atoms with Crippen molar-refractivity contribution >= 4 is 11.8 Å². The Labute approximate surface area is 110 Å². The first-order valence-electron chi connectivity index (χ1n) is 7.02. The van der Waals surface area contributed by atoms with E-state index in [1.165, 1.54) is 0 Å². The fraction of sp³-hybridized carbons (Fsp3) is 0.867. The molecule has 0 aliphatic heterocycles. The number of rotatable bonds is 4. The molecule has 0 aromatic rings. The van der Waals surface area contributed by atoms with Gasteiger partial charge in [0.15, 0.2) is 0 Å². The first kappa shape index (κ1) is 15.2. The van der Waals surface area contributed by atoms with Crippen molar-refractivity contribution in [3.8, 4) is 0 Å². The van der Waals surface area contributed by atoms with Gasteiger partial charge in [-0.3, -0.25) is 9.59 Å². The zero-order valence-corrected chi connectivity index (χ0v) is 12.1. The molecule has 18 heavy (non-hydrogen) atoms. The molecule has 1 saturated carbocycles. The molecule has 0 bridgehead atoms. The second-order valence-corrected chi connectivity index (χ2v) is 6.51. The van der Waals surface area contributed by atoms with Gasteiger partial charge < -0.3 is 4.74 Å². The molecule has 1 aliphatic rings. The van der Waals surface area contributed by atoms with Crippen LogP contribution in [0.4, 0.5) is 0 Å². The summed E-state index contributed by atoms with van der Waals surface area (Å²) in [4.78, 5) is 23.5. The van der Waals surface area contributed by atoms with E-state index in [1.807, 2.05) is 20.8 Å². The number of hydrogen-bond acceptors (Lipinski definition) is 3. The first-order valence-corrected chi connectivity index (χ1v) is 7.02. The van der Waals surface area contributed by atoms with Crippen molar-refractivity contribution in [3.63, 3.8) is 0 Å². The van der Waals surface area contributed by atoms with Crippen LogP contribution in [-0.4, -0.2) is 17.4 Å². The van der Waals surface area contributed by atoms with Crippen LogP contribution in [0.1, 0.15) is 66.2 Å². The van der Waals surface area contributed by atoms with E-state index in [4.69, 9.17) is 4.74 Å². The van der Waals surface area contributed by atoms with Crippen molar-refractivity contribution in [2.75, 3.05) is 0 Å². The summed E-state index contributed by atoms with van der Waals surface area (Å²) in [6, 6.07) is 0. The highest BCUT2D eigenvalue weighted by molar-refractivity contribution is 5.84. The van der Waals surface area contributed by atoms with Crippen molar-refractivity contribution in [3.05, 3.63) is 0 Å². The summed E-state index contributed by atoms with van der Waals surface area (Å²) in [7, 11) is 0. The summed E-state index contributed by atoms with van der Waals surface area (Å²) >= 11 is 0. The number of hydrogen-bond donors (Lipinski definition) is 0. The lowest BCUT2D eigenvalue weighted by molar-refractivity contribution is -0.155. The van der Waals surface area contributed by atoms with Gasteiger partial charge >= 0.3 is 5.97 Å². The quantitative estimate of drug-likeness (QED) is 0.721. The van der Waals surface area contributed by atoms with Gasteiger partial charge in [0.05, 0.1) is 6.42 Å².